The Hall–Kier alpha value is -1.40. The van der Waals surface area contributed by atoms with Crippen molar-refractivity contribution in [3.63, 3.8) is 0 Å². The predicted molar refractivity (Wildman–Crippen MR) is 68.9 cm³/mol. The zero-order chi connectivity index (χ0) is 12.7. The summed E-state index contributed by atoms with van der Waals surface area (Å²) in [5.74, 6) is 7.20. The molecule has 1 rings (SSSR count). The Balaban J connectivity index is 2.76. The molecule has 1 heterocycles. The molecule has 0 atom stereocenters. The van der Waals surface area contributed by atoms with E-state index in [4.69, 9.17) is 10.6 Å². The first-order chi connectivity index (χ1) is 8.20. The number of hydrogen-bond acceptors (Lipinski definition) is 6. The minimum absolute atomic E-state index is 0.289. The second-order valence-electron chi connectivity index (χ2n) is 3.91. The number of rotatable bonds is 7. The molecule has 0 radical (unpaired) electrons. The van der Waals surface area contributed by atoms with E-state index in [0.717, 1.165) is 18.0 Å². The third-order valence-electron chi connectivity index (χ3n) is 2.34. The molecule has 0 fully saturated rings. The normalized spacial score (nSPS) is 10.6. The summed E-state index contributed by atoms with van der Waals surface area (Å²) < 4.78 is 5.27. The number of hydrogen-bond donors (Lipinski definition) is 3. The number of nitrogens with zero attached hydrogens (tertiary/aromatic N) is 2. The molecular formula is C11H21N5O. The Bertz CT molecular complexity index is 343. The summed E-state index contributed by atoms with van der Waals surface area (Å²) in [6.45, 7) is 8.22. The third-order valence-corrected chi connectivity index (χ3v) is 2.34. The molecule has 6 heteroatoms. The molecule has 0 amide bonds. The lowest BCUT2D eigenvalue weighted by atomic mass is 10.0. The van der Waals surface area contributed by atoms with Crippen LogP contribution in [0.5, 0.6) is 0 Å². The van der Waals surface area contributed by atoms with Gasteiger partial charge < -0.3 is 15.5 Å². The van der Waals surface area contributed by atoms with Gasteiger partial charge in [-0.15, -0.1) is 0 Å². The molecule has 1 aromatic rings. The molecule has 6 nitrogen and oxygen atoms in total. The summed E-state index contributed by atoms with van der Waals surface area (Å²) in [6.07, 6.45) is 1.49. The highest BCUT2D eigenvalue weighted by molar-refractivity contribution is 5.58. The quantitative estimate of drug-likeness (QED) is 0.378. The number of hydrazine groups is 1. The van der Waals surface area contributed by atoms with E-state index in [1.54, 1.807) is 0 Å². The minimum Gasteiger partial charge on any atom is -0.380 e. The molecule has 0 bridgehead atoms. The molecule has 96 valence electrons. The van der Waals surface area contributed by atoms with Crippen LogP contribution < -0.4 is 16.6 Å². The van der Waals surface area contributed by atoms with Crippen LogP contribution in [0.1, 0.15) is 32.3 Å². The van der Waals surface area contributed by atoms with Gasteiger partial charge in [0.1, 0.15) is 18.0 Å². The summed E-state index contributed by atoms with van der Waals surface area (Å²) in [6, 6.07) is 0. The average molecular weight is 239 g/mol. The summed E-state index contributed by atoms with van der Waals surface area (Å²) in [4.78, 5) is 8.34. The Morgan fingerprint density at radius 1 is 1.35 bits per heavy atom. The van der Waals surface area contributed by atoms with Crippen LogP contribution in [0.4, 0.5) is 11.6 Å². The highest BCUT2D eigenvalue weighted by Gasteiger charge is 2.13. The first-order valence-electron chi connectivity index (χ1n) is 5.83. The molecular weight excluding hydrogens is 218 g/mol. The fourth-order valence-electron chi connectivity index (χ4n) is 1.58. The van der Waals surface area contributed by atoms with Gasteiger partial charge in [0, 0.05) is 18.7 Å². The smallest absolute Gasteiger partial charge is 0.148 e. The molecule has 1 aromatic heterocycles. The zero-order valence-corrected chi connectivity index (χ0v) is 10.7. The Morgan fingerprint density at radius 2 is 2.06 bits per heavy atom. The lowest BCUT2D eigenvalue weighted by Crippen LogP contribution is -2.17. The van der Waals surface area contributed by atoms with E-state index in [1.165, 1.54) is 6.33 Å². The first-order valence-corrected chi connectivity index (χ1v) is 5.83. The second-order valence-corrected chi connectivity index (χ2v) is 3.91. The van der Waals surface area contributed by atoms with Crippen LogP contribution in [0, 0.1) is 0 Å². The number of nitrogens with one attached hydrogen (secondary N) is 2. The number of nitrogens with two attached hydrogens (primary N) is 1. The Morgan fingerprint density at radius 3 is 2.65 bits per heavy atom. The molecule has 0 unspecified atom stereocenters. The third kappa shape index (κ3) is 3.83. The van der Waals surface area contributed by atoms with Crippen molar-refractivity contribution in [3.8, 4) is 0 Å². The Kier molecular flexibility index (Phi) is 5.65. The predicted octanol–water partition coefficient (Wildman–Crippen LogP) is 1.33. The molecule has 17 heavy (non-hydrogen) atoms. The standard InChI is InChI=1S/C11H21N5O/c1-4-17-6-5-13-10-9(8(2)3)11(16-12)15-7-14-10/h7-8H,4-6,12H2,1-3H3,(H2,13,14,15,16). The number of ether oxygens (including phenoxy) is 1. The van der Waals surface area contributed by atoms with Crippen LogP contribution in [0.15, 0.2) is 6.33 Å². The summed E-state index contributed by atoms with van der Waals surface area (Å²) in [5, 5.41) is 3.23. The van der Waals surface area contributed by atoms with E-state index in [1.807, 2.05) is 6.92 Å². The van der Waals surface area contributed by atoms with Crippen LogP contribution in [-0.2, 0) is 4.74 Å². The average Bonchev–Trinajstić information content (AvgIpc) is 2.33. The largest absolute Gasteiger partial charge is 0.380 e. The van der Waals surface area contributed by atoms with Crippen molar-refractivity contribution in [3.05, 3.63) is 11.9 Å². The van der Waals surface area contributed by atoms with Gasteiger partial charge in [-0.05, 0) is 12.8 Å². The maximum Gasteiger partial charge on any atom is 0.148 e. The lowest BCUT2D eigenvalue weighted by Gasteiger charge is -2.16. The van der Waals surface area contributed by atoms with Crippen LogP contribution in [-0.4, -0.2) is 29.7 Å². The van der Waals surface area contributed by atoms with Crippen LogP contribution >= 0.6 is 0 Å². The molecule has 4 N–H and O–H groups in total. The van der Waals surface area contributed by atoms with E-state index in [2.05, 4.69) is 34.6 Å². The molecule has 0 aliphatic carbocycles. The lowest BCUT2D eigenvalue weighted by molar-refractivity contribution is 0.158. The van der Waals surface area contributed by atoms with Gasteiger partial charge in [-0.1, -0.05) is 13.8 Å². The second kappa shape index (κ2) is 7.03. The van der Waals surface area contributed by atoms with Gasteiger partial charge in [0.2, 0.25) is 0 Å². The van der Waals surface area contributed by atoms with Crippen molar-refractivity contribution in [2.24, 2.45) is 5.84 Å². The molecule has 0 aliphatic rings. The van der Waals surface area contributed by atoms with Gasteiger partial charge in [-0.3, -0.25) is 0 Å². The van der Waals surface area contributed by atoms with Crippen LogP contribution in [0.2, 0.25) is 0 Å². The van der Waals surface area contributed by atoms with Crippen molar-refractivity contribution >= 4 is 11.6 Å². The van der Waals surface area contributed by atoms with Crippen molar-refractivity contribution in [2.45, 2.75) is 26.7 Å². The summed E-state index contributed by atoms with van der Waals surface area (Å²) in [7, 11) is 0. The Labute approximate surface area is 102 Å². The van der Waals surface area contributed by atoms with E-state index in [0.29, 0.717) is 19.0 Å². The van der Waals surface area contributed by atoms with Gasteiger partial charge in [0.05, 0.1) is 6.61 Å². The number of anilines is 2. The number of nitrogen functional groups attached to an aromatic ring is 1. The highest BCUT2D eigenvalue weighted by Crippen LogP contribution is 2.27. The summed E-state index contributed by atoms with van der Waals surface area (Å²) >= 11 is 0. The van der Waals surface area contributed by atoms with Crippen molar-refractivity contribution < 1.29 is 4.74 Å². The van der Waals surface area contributed by atoms with Gasteiger partial charge in [0.15, 0.2) is 0 Å². The fourth-order valence-corrected chi connectivity index (χ4v) is 1.58. The molecule has 0 spiro atoms. The molecule has 0 aromatic carbocycles. The fraction of sp³-hybridized carbons (Fsp3) is 0.636. The molecule has 0 aliphatic heterocycles. The van der Waals surface area contributed by atoms with E-state index in [-0.39, 0.29) is 5.92 Å². The monoisotopic (exact) mass is 239 g/mol. The van der Waals surface area contributed by atoms with Gasteiger partial charge in [-0.25, -0.2) is 15.8 Å². The zero-order valence-electron chi connectivity index (χ0n) is 10.7. The van der Waals surface area contributed by atoms with E-state index >= 15 is 0 Å². The van der Waals surface area contributed by atoms with Crippen molar-refractivity contribution in [1.82, 2.24) is 9.97 Å². The molecule has 0 saturated heterocycles. The number of aromatic nitrogens is 2. The van der Waals surface area contributed by atoms with E-state index in [9.17, 15) is 0 Å². The van der Waals surface area contributed by atoms with Gasteiger partial charge in [-0.2, -0.15) is 0 Å². The van der Waals surface area contributed by atoms with Crippen molar-refractivity contribution in [2.75, 3.05) is 30.5 Å². The first kappa shape index (κ1) is 13.7. The van der Waals surface area contributed by atoms with Crippen LogP contribution in [0.3, 0.4) is 0 Å². The maximum atomic E-state index is 5.44. The highest BCUT2D eigenvalue weighted by atomic mass is 16.5. The minimum atomic E-state index is 0.289. The maximum absolute atomic E-state index is 5.44. The topological polar surface area (TPSA) is 85.1 Å². The molecule has 0 saturated carbocycles. The SMILES string of the molecule is CCOCCNc1ncnc(NN)c1C(C)C. The van der Waals surface area contributed by atoms with Gasteiger partial charge >= 0.3 is 0 Å². The van der Waals surface area contributed by atoms with Gasteiger partial charge in [0.25, 0.3) is 0 Å². The summed E-state index contributed by atoms with van der Waals surface area (Å²) in [5.41, 5.74) is 3.59. The van der Waals surface area contributed by atoms with E-state index < -0.39 is 0 Å². The van der Waals surface area contributed by atoms with Crippen LogP contribution in [0.25, 0.3) is 0 Å². The van der Waals surface area contributed by atoms with Crippen molar-refractivity contribution in [1.29, 1.82) is 0 Å².